The smallest absolute Gasteiger partial charge is 0.305 e. The molecular formula is C54H97NO5. The number of amides is 1. The van der Waals surface area contributed by atoms with Crippen molar-refractivity contribution in [1.29, 1.82) is 0 Å². The first-order valence-corrected chi connectivity index (χ1v) is 25.6. The van der Waals surface area contributed by atoms with Gasteiger partial charge in [0.15, 0.2) is 0 Å². The summed E-state index contributed by atoms with van der Waals surface area (Å²) in [4.78, 5) is 24.4. The van der Waals surface area contributed by atoms with Crippen molar-refractivity contribution in [2.45, 2.75) is 257 Å². The molecule has 6 nitrogen and oxygen atoms in total. The van der Waals surface area contributed by atoms with Gasteiger partial charge in [-0.3, -0.25) is 9.59 Å². The van der Waals surface area contributed by atoms with Crippen LogP contribution in [0.3, 0.4) is 0 Å². The number of unbranched alkanes of at least 4 members (excludes halogenated alkanes) is 28. The number of allylic oxidation sites excluding steroid dienone is 9. The van der Waals surface area contributed by atoms with Gasteiger partial charge in [0, 0.05) is 12.8 Å². The maximum absolute atomic E-state index is 12.4. The third-order valence-electron chi connectivity index (χ3n) is 11.3. The lowest BCUT2D eigenvalue weighted by atomic mass is 10.0. The highest BCUT2D eigenvalue weighted by atomic mass is 16.5. The number of rotatable bonds is 46. The van der Waals surface area contributed by atoms with Crippen molar-refractivity contribution < 1.29 is 24.5 Å². The standard InChI is InChI=1S/C54H97NO5/c1-3-5-7-9-11-13-14-15-21-25-28-32-36-40-44-48-54(59)60-49-45-41-37-33-29-26-23-20-18-16-17-19-22-24-27-31-35-39-43-47-53(58)55-51(50-56)52(57)46-42-38-34-30-12-10-8-6-4-2/h11,13,15,20-21,23,26,29,42,46,51-52,56-57H,3-10,12,14,16-19,22,24-25,27-28,30-41,43-45,47-50H2,1-2H3,(H,55,58)/b13-11-,21-15-,23-20-,29-26-,46-42+. The summed E-state index contributed by atoms with van der Waals surface area (Å²) in [5.41, 5.74) is 0. The van der Waals surface area contributed by atoms with Crippen LogP contribution in [0.15, 0.2) is 60.8 Å². The molecule has 0 aliphatic carbocycles. The van der Waals surface area contributed by atoms with Crippen LogP contribution in [0.25, 0.3) is 0 Å². The molecule has 0 aromatic rings. The van der Waals surface area contributed by atoms with Crippen LogP contribution in [0.1, 0.15) is 245 Å². The van der Waals surface area contributed by atoms with Gasteiger partial charge >= 0.3 is 5.97 Å². The van der Waals surface area contributed by atoms with Gasteiger partial charge in [0.1, 0.15) is 0 Å². The molecular weight excluding hydrogens is 743 g/mol. The molecule has 6 heteroatoms. The van der Waals surface area contributed by atoms with Gasteiger partial charge in [-0.2, -0.15) is 0 Å². The number of ether oxygens (including phenoxy) is 1. The molecule has 0 fully saturated rings. The van der Waals surface area contributed by atoms with Gasteiger partial charge in [-0.15, -0.1) is 0 Å². The molecule has 2 atom stereocenters. The van der Waals surface area contributed by atoms with Gasteiger partial charge in [-0.25, -0.2) is 0 Å². The largest absolute Gasteiger partial charge is 0.466 e. The van der Waals surface area contributed by atoms with Crippen molar-refractivity contribution >= 4 is 11.9 Å². The van der Waals surface area contributed by atoms with Crippen LogP contribution in [-0.2, 0) is 14.3 Å². The zero-order valence-corrected chi connectivity index (χ0v) is 39.4. The van der Waals surface area contributed by atoms with Crippen molar-refractivity contribution in [3.05, 3.63) is 60.8 Å². The first-order chi connectivity index (χ1) is 29.5. The highest BCUT2D eigenvalue weighted by molar-refractivity contribution is 5.76. The molecule has 60 heavy (non-hydrogen) atoms. The van der Waals surface area contributed by atoms with Crippen LogP contribution < -0.4 is 5.32 Å². The SMILES string of the molecule is CCCCC/C=C\C/C=C\CCCCCCCC(=O)OCCCCC/C=C\C=C/CCCCCCCCCCCCC(=O)NC(CO)C(O)/C=C/CCCCCCCCC. The second-order valence-corrected chi connectivity index (χ2v) is 17.2. The minimum absolute atomic E-state index is 0.0296. The Kier molecular flexibility index (Phi) is 47.2. The van der Waals surface area contributed by atoms with E-state index in [2.05, 4.69) is 67.8 Å². The molecule has 1 amide bonds. The van der Waals surface area contributed by atoms with Gasteiger partial charge in [0.25, 0.3) is 0 Å². The van der Waals surface area contributed by atoms with Crippen LogP contribution in [0.4, 0.5) is 0 Å². The van der Waals surface area contributed by atoms with Crippen LogP contribution in [0.5, 0.6) is 0 Å². The molecule has 0 saturated carbocycles. The Hall–Kier alpha value is -2.44. The van der Waals surface area contributed by atoms with Crippen molar-refractivity contribution in [3.8, 4) is 0 Å². The number of esters is 1. The number of aliphatic hydroxyl groups is 2. The van der Waals surface area contributed by atoms with E-state index in [4.69, 9.17) is 4.74 Å². The number of aliphatic hydroxyl groups excluding tert-OH is 2. The number of hydrogen-bond acceptors (Lipinski definition) is 5. The molecule has 2 unspecified atom stereocenters. The second-order valence-electron chi connectivity index (χ2n) is 17.2. The molecule has 0 radical (unpaired) electrons. The zero-order valence-electron chi connectivity index (χ0n) is 39.4. The number of nitrogens with one attached hydrogen (secondary N) is 1. The first-order valence-electron chi connectivity index (χ1n) is 25.6. The fraction of sp³-hybridized carbons (Fsp3) is 0.778. The van der Waals surface area contributed by atoms with E-state index in [1.54, 1.807) is 6.08 Å². The summed E-state index contributed by atoms with van der Waals surface area (Å²) in [6.45, 7) is 4.78. The van der Waals surface area contributed by atoms with Crippen molar-refractivity contribution in [1.82, 2.24) is 5.32 Å². The highest BCUT2D eigenvalue weighted by Gasteiger charge is 2.18. The summed E-state index contributed by atoms with van der Waals surface area (Å²) in [5.74, 6) is -0.113. The van der Waals surface area contributed by atoms with E-state index >= 15 is 0 Å². The molecule has 0 aromatic heterocycles. The van der Waals surface area contributed by atoms with Crippen molar-refractivity contribution in [2.24, 2.45) is 0 Å². The monoisotopic (exact) mass is 840 g/mol. The molecule has 0 bridgehead atoms. The third kappa shape index (κ3) is 45.1. The lowest BCUT2D eigenvalue weighted by molar-refractivity contribution is -0.143. The molecule has 0 rings (SSSR count). The molecule has 348 valence electrons. The Labute approximate surface area is 371 Å². The van der Waals surface area contributed by atoms with E-state index in [1.165, 1.54) is 128 Å². The zero-order chi connectivity index (χ0) is 43.7. The van der Waals surface area contributed by atoms with Crippen LogP contribution >= 0.6 is 0 Å². The Morgan fingerprint density at radius 1 is 0.483 bits per heavy atom. The third-order valence-corrected chi connectivity index (χ3v) is 11.3. The van der Waals surface area contributed by atoms with Crippen molar-refractivity contribution in [3.63, 3.8) is 0 Å². The van der Waals surface area contributed by atoms with E-state index < -0.39 is 12.1 Å². The minimum Gasteiger partial charge on any atom is -0.466 e. The van der Waals surface area contributed by atoms with Crippen molar-refractivity contribution in [2.75, 3.05) is 13.2 Å². The van der Waals surface area contributed by atoms with Gasteiger partial charge in [-0.1, -0.05) is 197 Å². The molecule has 3 N–H and O–H groups in total. The molecule has 0 aromatic carbocycles. The molecule has 0 aliphatic heterocycles. The van der Waals surface area contributed by atoms with Gasteiger partial charge < -0.3 is 20.3 Å². The molecule has 0 heterocycles. The summed E-state index contributed by atoms with van der Waals surface area (Å²) in [5, 5.41) is 22.9. The molecule has 0 spiro atoms. The number of carbonyl (C=O) groups is 2. The lowest BCUT2D eigenvalue weighted by Gasteiger charge is -2.20. The second kappa shape index (κ2) is 49.2. The number of carbonyl (C=O) groups excluding carboxylic acids is 2. The van der Waals surface area contributed by atoms with E-state index in [1.807, 2.05) is 6.08 Å². The average molecular weight is 840 g/mol. The topological polar surface area (TPSA) is 95.9 Å². The lowest BCUT2D eigenvalue weighted by Crippen LogP contribution is -2.45. The number of hydrogen-bond donors (Lipinski definition) is 3. The maximum Gasteiger partial charge on any atom is 0.305 e. The average Bonchev–Trinajstić information content (AvgIpc) is 3.25. The van der Waals surface area contributed by atoms with E-state index in [-0.39, 0.29) is 18.5 Å². The summed E-state index contributed by atoms with van der Waals surface area (Å²) < 4.78 is 5.43. The van der Waals surface area contributed by atoms with Gasteiger partial charge in [0.2, 0.25) is 5.91 Å². The van der Waals surface area contributed by atoms with E-state index in [9.17, 15) is 19.8 Å². The fourth-order valence-electron chi connectivity index (χ4n) is 7.30. The summed E-state index contributed by atoms with van der Waals surface area (Å²) in [7, 11) is 0. The summed E-state index contributed by atoms with van der Waals surface area (Å²) >= 11 is 0. The minimum atomic E-state index is -0.850. The van der Waals surface area contributed by atoms with Crippen LogP contribution in [0.2, 0.25) is 0 Å². The van der Waals surface area contributed by atoms with Gasteiger partial charge in [0.05, 0.1) is 25.4 Å². The van der Waals surface area contributed by atoms with E-state index in [0.29, 0.717) is 19.4 Å². The Morgan fingerprint density at radius 2 is 0.883 bits per heavy atom. The summed E-state index contributed by atoms with van der Waals surface area (Å²) in [6, 6.07) is -0.635. The first kappa shape index (κ1) is 57.6. The molecule has 0 saturated heterocycles. The Balaban J connectivity index is 3.51. The maximum atomic E-state index is 12.4. The summed E-state index contributed by atoms with van der Waals surface area (Å²) in [6.07, 6.45) is 62.3. The fourth-order valence-corrected chi connectivity index (χ4v) is 7.30. The molecule has 0 aliphatic rings. The Bertz CT molecular complexity index is 1060. The van der Waals surface area contributed by atoms with Crippen LogP contribution in [-0.4, -0.2) is 47.4 Å². The predicted molar refractivity (Wildman–Crippen MR) is 259 cm³/mol. The van der Waals surface area contributed by atoms with Crippen LogP contribution in [0, 0.1) is 0 Å². The van der Waals surface area contributed by atoms with Gasteiger partial charge in [-0.05, 0) is 96.3 Å². The Morgan fingerprint density at radius 3 is 1.40 bits per heavy atom. The van der Waals surface area contributed by atoms with E-state index in [0.717, 1.165) is 89.9 Å². The normalized spacial score (nSPS) is 13.2. The predicted octanol–water partition coefficient (Wildman–Crippen LogP) is 15.2. The quantitative estimate of drug-likeness (QED) is 0.0246. The highest BCUT2D eigenvalue weighted by Crippen LogP contribution is 2.14.